The Morgan fingerprint density at radius 1 is 1.29 bits per heavy atom. The van der Waals surface area contributed by atoms with Gasteiger partial charge in [0, 0.05) is 13.1 Å². The van der Waals surface area contributed by atoms with E-state index >= 15 is 0 Å². The molecule has 0 aliphatic carbocycles. The van der Waals surface area contributed by atoms with E-state index < -0.39 is 5.54 Å². The maximum absolute atomic E-state index is 11.7. The molecule has 118 valence electrons. The number of amides is 1. The summed E-state index contributed by atoms with van der Waals surface area (Å²) in [5.41, 5.74) is 6.27. The second-order valence-electron chi connectivity index (χ2n) is 5.91. The lowest BCUT2D eigenvalue weighted by Crippen LogP contribution is -2.54. The van der Waals surface area contributed by atoms with Gasteiger partial charge in [-0.15, -0.1) is 0 Å². The van der Waals surface area contributed by atoms with Crippen molar-refractivity contribution < 1.29 is 4.79 Å². The fraction of sp³-hybridized carbons (Fsp3) is 0.588. The Labute approximate surface area is 128 Å². The minimum atomic E-state index is -0.614. The van der Waals surface area contributed by atoms with Gasteiger partial charge in [-0.2, -0.15) is 0 Å². The fourth-order valence-corrected chi connectivity index (χ4v) is 2.19. The van der Waals surface area contributed by atoms with Gasteiger partial charge in [0.05, 0.1) is 5.54 Å². The third kappa shape index (κ3) is 6.27. The highest BCUT2D eigenvalue weighted by atomic mass is 16.1. The largest absolute Gasteiger partial charge is 0.368 e. The summed E-state index contributed by atoms with van der Waals surface area (Å²) < 4.78 is 0. The molecule has 1 aromatic rings. The average molecular weight is 291 g/mol. The van der Waals surface area contributed by atoms with Crippen LogP contribution in [0.25, 0.3) is 0 Å². The lowest BCUT2D eigenvalue weighted by Gasteiger charge is -2.29. The van der Waals surface area contributed by atoms with E-state index in [0.717, 1.165) is 38.9 Å². The Bertz CT molecular complexity index is 421. The molecule has 1 atom stereocenters. The standard InChI is InChI=1S/C17H29N3O/c1-4-12-19-17(2,16(18)21)11-14-20(3)13-10-15-8-6-5-7-9-15/h5-9,19H,4,10-14H2,1-3H3,(H2,18,21). The number of nitrogens with one attached hydrogen (secondary N) is 1. The highest BCUT2D eigenvalue weighted by Gasteiger charge is 2.29. The van der Waals surface area contributed by atoms with E-state index in [4.69, 9.17) is 5.73 Å². The summed E-state index contributed by atoms with van der Waals surface area (Å²) in [6, 6.07) is 10.4. The van der Waals surface area contributed by atoms with E-state index in [1.807, 2.05) is 13.0 Å². The highest BCUT2D eigenvalue weighted by molar-refractivity contribution is 5.84. The van der Waals surface area contributed by atoms with E-state index in [1.165, 1.54) is 5.56 Å². The van der Waals surface area contributed by atoms with Gasteiger partial charge in [0.25, 0.3) is 0 Å². The van der Waals surface area contributed by atoms with Crippen molar-refractivity contribution >= 4 is 5.91 Å². The van der Waals surface area contributed by atoms with Gasteiger partial charge >= 0.3 is 0 Å². The molecule has 1 amide bonds. The number of carbonyl (C=O) groups excluding carboxylic acids is 1. The lowest BCUT2D eigenvalue weighted by molar-refractivity contribution is -0.124. The van der Waals surface area contributed by atoms with E-state index in [1.54, 1.807) is 0 Å². The predicted molar refractivity (Wildman–Crippen MR) is 88.2 cm³/mol. The Hall–Kier alpha value is -1.39. The summed E-state index contributed by atoms with van der Waals surface area (Å²) in [4.78, 5) is 13.9. The van der Waals surface area contributed by atoms with Crippen LogP contribution in [0.3, 0.4) is 0 Å². The molecule has 0 aliphatic heterocycles. The van der Waals surface area contributed by atoms with Gasteiger partial charge in [-0.3, -0.25) is 4.79 Å². The molecule has 0 aliphatic rings. The number of likely N-dealkylation sites (N-methyl/N-ethyl adjacent to an activating group) is 1. The Balaban J connectivity index is 2.39. The van der Waals surface area contributed by atoms with Crippen LogP contribution < -0.4 is 11.1 Å². The average Bonchev–Trinajstić information content (AvgIpc) is 2.49. The van der Waals surface area contributed by atoms with E-state index in [2.05, 4.69) is 48.5 Å². The molecule has 0 fully saturated rings. The molecule has 3 N–H and O–H groups in total. The van der Waals surface area contributed by atoms with Crippen LogP contribution in [0.4, 0.5) is 0 Å². The molecule has 0 radical (unpaired) electrons. The summed E-state index contributed by atoms with van der Waals surface area (Å²) in [6.07, 6.45) is 2.74. The summed E-state index contributed by atoms with van der Waals surface area (Å²) in [6.45, 7) is 6.62. The zero-order valence-electron chi connectivity index (χ0n) is 13.6. The third-order valence-corrected chi connectivity index (χ3v) is 3.93. The first-order valence-corrected chi connectivity index (χ1v) is 7.75. The van der Waals surface area contributed by atoms with Gasteiger partial charge in [0.15, 0.2) is 0 Å². The number of primary amides is 1. The van der Waals surface area contributed by atoms with E-state index in [9.17, 15) is 4.79 Å². The zero-order valence-corrected chi connectivity index (χ0v) is 13.6. The maximum Gasteiger partial charge on any atom is 0.237 e. The van der Waals surface area contributed by atoms with Gasteiger partial charge in [0.1, 0.15) is 0 Å². The number of hydrogen-bond acceptors (Lipinski definition) is 3. The minimum Gasteiger partial charge on any atom is -0.368 e. The van der Waals surface area contributed by atoms with Crippen LogP contribution in [-0.4, -0.2) is 43.0 Å². The predicted octanol–water partition coefficient (Wildman–Crippen LogP) is 1.79. The summed E-state index contributed by atoms with van der Waals surface area (Å²) >= 11 is 0. The number of nitrogens with zero attached hydrogens (tertiary/aromatic N) is 1. The van der Waals surface area contributed by atoms with Crippen LogP contribution in [0.15, 0.2) is 30.3 Å². The second kappa shape index (κ2) is 8.80. The lowest BCUT2D eigenvalue weighted by atomic mass is 9.96. The minimum absolute atomic E-state index is 0.271. The first-order valence-electron chi connectivity index (χ1n) is 7.75. The van der Waals surface area contributed by atoms with Crippen molar-refractivity contribution in [2.75, 3.05) is 26.7 Å². The van der Waals surface area contributed by atoms with Gasteiger partial charge < -0.3 is 16.0 Å². The van der Waals surface area contributed by atoms with Crippen molar-refractivity contribution in [2.45, 2.75) is 38.6 Å². The van der Waals surface area contributed by atoms with Gasteiger partial charge in [-0.25, -0.2) is 0 Å². The molecule has 0 heterocycles. The van der Waals surface area contributed by atoms with Crippen LogP contribution >= 0.6 is 0 Å². The summed E-state index contributed by atoms with van der Waals surface area (Å²) in [5.74, 6) is -0.271. The van der Waals surface area contributed by atoms with Crippen molar-refractivity contribution in [2.24, 2.45) is 5.73 Å². The number of rotatable bonds is 10. The molecular weight excluding hydrogens is 262 g/mol. The number of nitrogens with two attached hydrogens (primary N) is 1. The Morgan fingerprint density at radius 3 is 2.52 bits per heavy atom. The number of benzene rings is 1. The maximum atomic E-state index is 11.7. The Morgan fingerprint density at radius 2 is 1.95 bits per heavy atom. The molecule has 0 aromatic heterocycles. The SMILES string of the molecule is CCCNC(C)(CCN(C)CCc1ccccc1)C(N)=O. The smallest absolute Gasteiger partial charge is 0.237 e. The molecule has 4 heteroatoms. The van der Waals surface area contributed by atoms with Gasteiger partial charge in [-0.05, 0) is 45.3 Å². The zero-order chi connectivity index (χ0) is 15.7. The fourth-order valence-electron chi connectivity index (χ4n) is 2.19. The molecule has 21 heavy (non-hydrogen) atoms. The molecule has 1 unspecified atom stereocenters. The highest BCUT2D eigenvalue weighted by Crippen LogP contribution is 2.10. The van der Waals surface area contributed by atoms with Gasteiger partial charge in [0.2, 0.25) is 5.91 Å². The topological polar surface area (TPSA) is 58.4 Å². The van der Waals surface area contributed by atoms with Crippen molar-refractivity contribution in [1.29, 1.82) is 0 Å². The van der Waals surface area contributed by atoms with Crippen LogP contribution in [0.1, 0.15) is 32.3 Å². The van der Waals surface area contributed by atoms with Crippen molar-refractivity contribution in [3.05, 3.63) is 35.9 Å². The number of carbonyl (C=O) groups is 1. The second-order valence-corrected chi connectivity index (χ2v) is 5.91. The normalized spacial score (nSPS) is 14.1. The summed E-state index contributed by atoms with van der Waals surface area (Å²) in [7, 11) is 2.09. The van der Waals surface area contributed by atoms with Crippen LogP contribution in [-0.2, 0) is 11.2 Å². The molecule has 1 aromatic carbocycles. The van der Waals surface area contributed by atoms with Crippen LogP contribution in [0, 0.1) is 0 Å². The number of hydrogen-bond donors (Lipinski definition) is 2. The monoisotopic (exact) mass is 291 g/mol. The molecule has 4 nitrogen and oxygen atoms in total. The van der Waals surface area contributed by atoms with Crippen molar-refractivity contribution in [1.82, 2.24) is 10.2 Å². The first kappa shape index (κ1) is 17.7. The molecule has 1 rings (SSSR count). The first-order chi connectivity index (χ1) is 9.98. The molecule has 0 saturated heterocycles. The third-order valence-electron chi connectivity index (χ3n) is 3.93. The quantitative estimate of drug-likeness (QED) is 0.691. The summed E-state index contributed by atoms with van der Waals surface area (Å²) in [5, 5.41) is 3.27. The van der Waals surface area contributed by atoms with E-state index in [-0.39, 0.29) is 5.91 Å². The molecular formula is C17H29N3O. The Kier molecular flexibility index (Phi) is 7.40. The van der Waals surface area contributed by atoms with E-state index in [0.29, 0.717) is 0 Å². The van der Waals surface area contributed by atoms with Crippen molar-refractivity contribution in [3.8, 4) is 0 Å². The molecule has 0 saturated carbocycles. The van der Waals surface area contributed by atoms with Crippen LogP contribution in [0.2, 0.25) is 0 Å². The van der Waals surface area contributed by atoms with Crippen molar-refractivity contribution in [3.63, 3.8) is 0 Å². The van der Waals surface area contributed by atoms with Gasteiger partial charge in [-0.1, -0.05) is 37.3 Å². The molecule has 0 bridgehead atoms. The molecule has 0 spiro atoms. The van der Waals surface area contributed by atoms with Crippen LogP contribution in [0.5, 0.6) is 0 Å².